The molecular formula is C14H18FN3. The number of nitrogens with one attached hydrogen (secondary N) is 2. The fourth-order valence-corrected chi connectivity index (χ4v) is 1.96. The van der Waals surface area contributed by atoms with Crippen molar-refractivity contribution in [1.29, 1.82) is 0 Å². The quantitative estimate of drug-likeness (QED) is 0.822. The van der Waals surface area contributed by atoms with Gasteiger partial charge in [0.2, 0.25) is 0 Å². The minimum Gasteiger partial charge on any atom is -0.349 e. The number of benzene rings is 1. The number of halogens is 1. The molecule has 0 aliphatic rings. The highest BCUT2D eigenvalue weighted by Crippen LogP contribution is 2.06. The molecule has 2 rings (SSSR count). The number of imidazole rings is 1. The molecule has 3 nitrogen and oxygen atoms in total. The summed E-state index contributed by atoms with van der Waals surface area (Å²) in [6.45, 7) is 2.97. The highest BCUT2D eigenvalue weighted by Gasteiger charge is 2.04. The van der Waals surface area contributed by atoms with Gasteiger partial charge in [0.15, 0.2) is 0 Å². The second-order valence-corrected chi connectivity index (χ2v) is 4.48. The molecule has 0 saturated heterocycles. The van der Waals surface area contributed by atoms with E-state index >= 15 is 0 Å². The third-order valence-electron chi connectivity index (χ3n) is 2.84. The average molecular weight is 247 g/mol. The first-order chi connectivity index (χ1) is 8.74. The predicted molar refractivity (Wildman–Crippen MR) is 69.9 cm³/mol. The lowest BCUT2D eigenvalue weighted by molar-refractivity contribution is 0.542. The molecule has 0 bridgehead atoms. The van der Waals surface area contributed by atoms with Crippen LogP contribution in [-0.4, -0.2) is 22.6 Å². The zero-order valence-corrected chi connectivity index (χ0v) is 10.5. The minimum absolute atomic E-state index is 0.171. The van der Waals surface area contributed by atoms with Crippen molar-refractivity contribution in [1.82, 2.24) is 15.3 Å². The fourth-order valence-electron chi connectivity index (χ4n) is 1.96. The molecule has 0 amide bonds. The van der Waals surface area contributed by atoms with Crippen molar-refractivity contribution in [3.05, 3.63) is 53.9 Å². The maximum atomic E-state index is 13.0. The van der Waals surface area contributed by atoms with E-state index in [4.69, 9.17) is 0 Å². The molecule has 0 spiro atoms. The number of aromatic amines is 1. The topological polar surface area (TPSA) is 40.7 Å². The molecule has 4 heteroatoms. The van der Waals surface area contributed by atoms with Crippen LogP contribution in [0.5, 0.6) is 0 Å². The van der Waals surface area contributed by atoms with E-state index in [0.29, 0.717) is 6.04 Å². The van der Waals surface area contributed by atoms with Crippen molar-refractivity contribution in [2.75, 3.05) is 6.54 Å². The third-order valence-corrected chi connectivity index (χ3v) is 2.84. The highest BCUT2D eigenvalue weighted by molar-refractivity contribution is 5.17. The Hall–Kier alpha value is -1.68. The standard InChI is InChI=1S/C14H18FN3/c1-11(9-12-3-2-4-13(15)10-12)16-6-5-14-17-7-8-18-14/h2-4,7-8,10-11,16H,5-6,9H2,1H3,(H,17,18). The van der Waals surface area contributed by atoms with Crippen molar-refractivity contribution in [2.24, 2.45) is 0 Å². The molecule has 0 aliphatic heterocycles. The summed E-state index contributed by atoms with van der Waals surface area (Å²) in [4.78, 5) is 7.23. The first kappa shape index (κ1) is 12.8. The van der Waals surface area contributed by atoms with Gasteiger partial charge < -0.3 is 10.3 Å². The molecule has 1 aromatic carbocycles. The van der Waals surface area contributed by atoms with Crippen LogP contribution in [0.3, 0.4) is 0 Å². The van der Waals surface area contributed by atoms with E-state index in [1.165, 1.54) is 6.07 Å². The van der Waals surface area contributed by atoms with Gasteiger partial charge in [-0.05, 0) is 31.0 Å². The predicted octanol–water partition coefficient (Wildman–Crippen LogP) is 2.31. The van der Waals surface area contributed by atoms with Crippen LogP contribution in [0.1, 0.15) is 18.3 Å². The SMILES string of the molecule is CC(Cc1cccc(F)c1)NCCc1ncc[nH]1. The second kappa shape index (κ2) is 6.31. The van der Waals surface area contributed by atoms with E-state index in [-0.39, 0.29) is 5.82 Å². The Morgan fingerprint density at radius 1 is 1.44 bits per heavy atom. The van der Waals surface area contributed by atoms with E-state index in [9.17, 15) is 4.39 Å². The lowest BCUT2D eigenvalue weighted by Gasteiger charge is -2.13. The molecule has 1 atom stereocenters. The molecule has 96 valence electrons. The summed E-state index contributed by atoms with van der Waals surface area (Å²) in [7, 11) is 0. The monoisotopic (exact) mass is 247 g/mol. The minimum atomic E-state index is -0.171. The molecule has 18 heavy (non-hydrogen) atoms. The lowest BCUT2D eigenvalue weighted by atomic mass is 10.1. The third kappa shape index (κ3) is 3.96. The normalized spacial score (nSPS) is 12.6. The number of H-pyrrole nitrogens is 1. The second-order valence-electron chi connectivity index (χ2n) is 4.48. The Labute approximate surface area is 106 Å². The van der Waals surface area contributed by atoms with E-state index < -0.39 is 0 Å². The first-order valence-electron chi connectivity index (χ1n) is 6.20. The number of hydrogen-bond acceptors (Lipinski definition) is 2. The largest absolute Gasteiger partial charge is 0.349 e. The molecule has 0 radical (unpaired) electrons. The summed E-state index contributed by atoms with van der Waals surface area (Å²) < 4.78 is 13.0. The number of aromatic nitrogens is 2. The molecule has 1 unspecified atom stereocenters. The zero-order chi connectivity index (χ0) is 12.8. The van der Waals surface area contributed by atoms with Crippen LogP contribution in [0.2, 0.25) is 0 Å². The van der Waals surface area contributed by atoms with Crippen molar-refractivity contribution >= 4 is 0 Å². The molecule has 2 aromatic rings. The molecule has 0 fully saturated rings. The van der Waals surface area contributed by atoms with E-state index in [2.05, 4.69) is 22.2 Å². The Balaban J connectivity index is 1.73. The van der Waals surface area contributed by atoms with E-state index in [1.807, 2.05) is 12.3 Å². The van der Waals surface area contributed by atoms with Gasteiger partial charge in [0.25, 0.3) is 0 Å². The van der Waals surface area contributed by atoms with Gasteiger partial charge in [-0.15, -0.1) is 0 Å². The summed E-state index contributed by atoms with van der Waals surface area (Å²) in [6, 6.07) is 7.08. The maximum absolute atomic E-state index is 13.0. The van der Waals surface area contributed by atoms with Gasteiger partial charge in [0.05, 0.1) is 0 Å². The molecule has 0 saturated carbocycles. The Bertz CT molecular complexity index is 468. The molecular weight excluding hydrogens is 229 g/mol. The lowest BCUT2D eigenvalue weighted by Crippen LogP contribution is -2.30. The highest BCUT2D eigenvalue weighted by atomic mass is 19.1. The van der Waals surface area contributed by atoms with E-state index in [1.54, 1.807) is 18.3 Å². The van der Waals surface area contributed by atoms with Gasteiger partial charge in [-0.2, -0.15) is 0 Å². The summed E-state index contributed by atoms with van der Waals surface area (Å²) in [5.74, 6) is 0.816. The zero-order valence-electron chi connectivity index (χ0n) is 10.5. The van der Waals surface area contributed by atoms with Gasteiger partial charge in [0.1, 0.15) is 11.6 Å². The Morgan fingerprint density at radius 3 is 3.06 bits per heavy atom. The number of rotatable bonds is 6. The van der Waals surface area contributed by atoms with Crippen LogP contribution >= 0.6 is 0 Å². The first-order valence-corrected chi connectivity index (χ1v) is 6.20. The van der Waals surface area contributed by atoms with Crippen LogP contribution in [-0.2, 0) is 12.8 Å². The van der Waals surface area contributed by atoms with Crippen LogP contribution in [0, 0.1) is 5.82 Å². The van der Waals surface area contributed by atoms with Gasteiger partial charge in [-0.25, -0.2) is 9.37 Å². The van der Waals surface area contributed by atoms with Crippen LogP contribution in [0.4, 0.5) is 4.39 Å². The summed E-state index contributed by atoms with van der Waals surface area (Å²) in [5, 5.41) is 3.41. The van der Waals surface area contributed by atoms with Crippen molar-refractivity contribution in [3.8, 4) is 0 Å². The smallest absolute Gasteiger partial charge is 0.123 e. The van der Waals surface area contributed by atoms with Gasteiger partial charge in [-0.1, -0.05) is 12.1 Å². The van der Waals surface area contributed by atoms with E-state index in [0.717, 1.165) is 30.8 Å². The van der Waals surface area contributed by atoms with Gasteiger partial charge in [0, 0.05) is 31.4 Å². The Morgan fingerprint density at radius 2 is 2.33 bits per heavy atom. The summed E-state index contributed by atoms with van der Waals surface area (Å²) in [6.07, 6.45) is 5.29. The number of hydrogen-bond donors (Lipinski definition) is 2. The fraction of sp³-hybridized carbons (Fsp3) is 0.357. The van der Waals surface area contributed by atoms with Crippen molar-refractivity contribution < 1.29 is 4.39 Å². The molecule has 0 aliphatic carbocycles. The molecule has 1 aromatic heterocycles. The van der Waals surface area contributed by atoms with Gasteiger partial charge in [-0.3, -0.25) is 0 Å². The van der Waals surface area contributed by atoms with Crippen LogP contribution in [0.25, 0.3) is 0 Å². The van der Waals surface area contributed by atoms with Crippen LogP contribution < -0.4 is 5.32 Å². The van der Waals surface area contributed by atoms with Crippen molar-refractivity contribution in [3.63, 3.8) is 0 Å². The number of nitrogens with zero attached hydrogens (tertiary/aromatic N) is 1. The maximum Gasteiger partial charge on any atom is 0.123 e. The summed E-state index contributed by atoms with van der Waals surface area (Å²) >= 11 is 0. The van der Waals surface area contributed by atoms with Crippen LogP contribution in [0.15, 0.2) is 36.7 Å². The molecule has 1 heterocycles. The average Bonchev–Trinajstić information content (AvgIpc) is 2.82. The molecule has 2 N–H and O–H groups in total. The Kier molecular flexibility index (Phi) is 4.47. The summed E-state index contributed by atoms with van der Waals surface area (Å²) in [5.41, 5.74) is 1.02. The van der Waals surface area contributed by atoms with Crippen molar-refractivity contribution in [2.45, 2.75) is 25.8 Å². The van der Waals surface area contributed by atoms with Gasteiger partial charge >= 0.3 is 0 Å².